The van der Waals surface area contributed by atoms with E-state index < -0.39 is 17.7 Å². The van der Waals surface area contributed by atoms with E-state index in [0.717, 1.165) is 17.7 Å². The van der Waals surface area contributed by atoms with Crippen LogP contribution in [0.25, 0.3) is 0 Å². The summed E-state index contributed by atoms with van der Waals surface area (Å²) in [7, 11) is 4.00. The summed E-state index contributed by atoms with van der Waals surface area (Å²) in [6, 6.07) is 7.21. The van der Waals surface area contributed by atoms with Gasteiger partial charge in [0, 0.05) is 0 Å². The lowest BCUT2D eigenvalue weighted by molar-refractivity contribution is -0.857. The van der Waals surface area contributed by atoms with Gasteiger partial charge in [-0.05, 0) is 19.4 Å². The van der Waals surface area contributed by atoms with E-state index in [1.165, 1.54) is 11.8 Å². The van der Waals surface area contributed by atoms with Gasteiger partial charge in [-0.2, -0.15) is 0 Å². The number of aryl methyl sites for hydroxylation is 1. The quantitative estimate of drug-likeness (QED) is 0.829. The SMILES string of the molecule is CC(=O)C1=C(O)C(=O)N(CC[NH+](C)C)[C@H]1c1ccc(C)cc1. The highest BCUT2D eigenvalue weighted by molar-refractivity contribution is 6.08. The molecule has 0 fully saturated rings. The Morgan fingerprint density at radius 2 is 1.86 bits per heavy atom. The predicted octanol–water partition coefficient (Wildman–Crippen LogP) is 0.424. The minimum Gasteiger partial charge on any atom is -0.503 e. The third kappa shape index (κ3) is 3.04. The molecule has 2 rings (SSSR count). The van der Waals surface area contributed by atoms with Crippen molar-refractivity contribution in [3.05, 3.63) is 46.7 Å². The average molecular weight is 303 g/mol. The maximum absolute atomic E-state index is 12.3. The maximum Gasteiger partial charge on any atom is 0.290 e. The molecule has 1 aromatic carbocycles. The second-order valence-corrected chi connectivity index (χ2v) is 6.09. The molecule has 1 heterocycles. The lowest BCUT2D eigenvalue weighted by atomic mass is 9.96. The number of rotatable bonds is 5. The van der Waals surface area contributed by atoms with Crippen molar-refractivity contribution in [1.29, 1.82) is 0 Å². The summed E-state index contributed by atoms with van der Waals surface area (Å²) in [4.78, 5) is 27.1. The van der Waals surface area contributed by atoms with Crippen molar-refractivity contribution in [2.45, 2.75) is 19.9 Å². The van der Waals surface area contributed by atoms with Gasteiger partial charge >= 0.3 is 0 Å². The number of nitrogens with one attached hydrogen (secondary N) is 1. The lowest BCUT2D eigenvalue weighted by Crippen LogP contribution is -3.06. The van der Waals surface area contributed by atoms with Crippen molar-refractivity contribution >= 4 is 11.7 Å². The van der Waals surface area contributed by atoms with Gasteiger partial charge in [0.1, 0.15) is 0 Å². The van der Waals surface area contributed by atoms with E-state index in [1.807, 2.05) is 45.3 Å². The Balaban J connectivity index is 2.43. The highest BCUT2D eigenvalue weighted by Gasteiger charge is 2.42. The van der Waals surface area contributed by atoms with Crippen molar-refractivity contribution in [1.82, 2.24) is 4.90 Å². The van der Waals surface area contributed by atoms with Crippen LogP contribution in [0, 0.1) is 6.92 Å². The standard InChI is InChI=1S/C17H22N2O3/c1-11-5-7-13(8-6-11)15-14(12(2)20)16(21)17(22)19(15)10-9-18(3)4/h5-8,15,21H,9-10H2,1-4H3/p+1/t15-/m0/s1. The Hall–Kier alpha value is -2.14. The molecule has 5 heteroatoms. The van der Waals surface area contributed by atoms with Crippen LogP contribution in [0.3, 0.4) is 0 Å². The molecule has 1 aromatic rings. The summed E-state index contributed by atoms with van der Waals surface area (Å²) in [6.07, 6.45) is 0. The Labute approximate surface area is 130 Å². The van der Waals surface area contributed by atoms with Crippen LogP contribution >= 0.6 is 0 Å². The van der Waals surface area contributed by atoms with Gasteiger partial charge in [0.05, 0.1) is 38.8 Å². The fraction of sp³-hybridized carbons (Fsp3) is 0.412. The van der Waals surface area contributed by atoms with Crippen molar-refractivity contribution in [2.75, 3.05) is 27.2 Å². The first kappa shape index (κ1) is 16.2. The van der Waals surface area contributed by atoms with Gasteiger partial charge in [-0.3, -0.25) is 9.59 Å². The molecule has 2 N–H and O–H groups in total. The van der Waals surface area contributed by atoms with Crippen LogP contribution in [0.4, 0.5) is 0 Å². The molecule has 0 saturated heterocycles. The van der Waals surface area contributed by atoms with E-state index >= 15 is 0 Å². The van der Waals surface area contributed by atoms with Gasteiger partial charge in [0.2, 0.25) is 0 Å². The van der Waals surface area contributed by atoms with E-state index in [1.54, 1.807) is 4.90 Å². The van der Waals surface area contributed by atoms with Crippen LogP contribution in [-0.4, -0.2) is 48.9 Å². The number of amides is 1. The number of quaternary nitrogens is 1. The molecular formula is C17H23N2O3+. The highest BCUT2D eigenvalue weighted by atomic mass is 16.3. The number of carbonyl (C=O) groups excluding carboxylic acids is 2. The van der Waals surface area contributed by atoms with Crippen LogP contribution in [0.2, 0.25) is 0 Å². The third-order valence-electron chi connectivity index (χ3n) is 3.93. The van der Waals surface area contributed by atoms with Crippen molar-refractivity contribution in [3.63, 3.8) is 0 Å². The zero-order valence-corrected chi connectivity index (χ0v) is 13.5. The fourth-order valence-electron chi connectivity index (χ4n) is 2.68. The van der Waals surface area contributed by atoms with Crippen LogP contribution in [0.1, 0.15) is 24.1 Å². The van der Waals surface area contributed by atoms with Gasteiger partial charge in [-0.1, -0.05) is 29.8 Å². The first-order valence-electron chi connectivity index (χ1n) is 7.43. The number of carbonyl (C=O) groups is 2. The summed E-state index contributed by atoms with van der Waals surface area (Å²) in [6.45, 7) is 4.60. The molecule has 22 heavy (non-hydrogen) atoms. The Morgan fingerprint density at radius 3 is 2.36 bits per heavy atom. The number of ketones is 1. The lowest BCUT2D eigenvalue weighted by Gasteiger charge is -2.26. The molecule has 118 valence electrons. The molecule has 1 aliphatic rings. The van der Waals surface area contributed by atoms with Gasteiger partial charge in [0.15, 0.2) is 11.5 Å². The van der Waals surface area contributed by atoms with Gasteiger partial charge in [0.25, 0.3) is 5.91 Å². The third-order valence-corrected chi connectivity index (χ3v) is 3.93. The van der Waals surface area contributed by atoms with E-state index in [4.69, 9.17) is 0 Å². The zero-order chi connectivity index (χ0) is 16.4. The van der Waals surface area contributed by atoms with Gasteiger partial charge in [-0.25, -0.2) is 0 Å². The topological polar surface area (TPSA) is 62.0 Å². The summed E-state index contributed by atoms with van der Waals surface area (Å²) in [5, 5.41) is 10.1. The molecule has 0 saturated carbocycles. The molecule has 0 bridgehead atoms. The Bertz CT molecular complexity index is 617. The summed E-state index contributed by atoms with van der Waals surface area (Å²) >= 11 is 0. The fourth-order valence-corrected chi connectivity index (χ4v) is 2.68. The van der Waals surface area contributed by atoms with Gasteiger partial charge in [-0.15, -0.1) is 0 Å². The number of aliphatic hydroxyl groups is 1. The number of Topliss-reactive ketones (excluding diaryl/α,β-unsaturated/α-hetero) is 1. The molecule has 0 spiro atoms. The monoisotopic (exact) mass is 303 g/mol. The number of aliphatic hydroxyl groups excluding tert-OH is 1. The van der Waals surface area contributed by atoms with Crippen LogP contribution in [0.5, 0.6) is 0 Å². The molecular weight excluding hydrogens is 280 g/mol. The second-order valence-electron chi connectivity index (χ2n) is 6.09. The number of hydrogen-bond acceptors (Lipinski definition) is 3. The number of likely N-dealkylation sites (N-methyl/N-ethyl adjacent to an activating group) is 1. The number of benzene rings is 1. The first-order valence-corrected chi connectivity index (χ1v) is 7.43. The zero-order valence-electron chi connectivity index (χ0n) is 13.5. The molecule has 1 aliphatic heterocycles. The maximum atomic E-state index is 12.3. The smallest absolute Gasteiger partial charge is 0.290 e. The molecule has 0 aliphatic carbocycles. The van der Waals surface area contributed by atoms with Crippen molar-refractivity contribution < 1.29 is 19.6 Å². The minimum absolute atomic E-state index is 0.197. The number of hydrogen-bond donors (Lipinski definition) is 2. The van der Waals surface area contributed by atoms with Gasteiger partial charge < -0.3 is 14.9 Å². The second kappa shape index (κ2) is 6.32. The molecule has 1 atom stereocenters. The summed E-state index contributed by atoms with van der Waals surface area (Å²) in [5.74, 6) is -1.14. The first-order chi connectivity index (χ1) is 10.3. The van der Waals surface area contributed by atoms with Crippen molar-refractivity contribution in [2.24, 2.45) is 0 Å². The Morgan fingerprint density at radius 1 is 1.27 bits per heavy atom. The normalized spacial score (nSPS) is 18.5. The Kier molecular flexibility index (Phi) is 4.66. The average Bonchev–Trinajstić information content (AvgIpc) is 2.70. The minimum atomic E-state index is -0.495. The van der Waals surface area contributed by atoms with Crippen LogP contribution < -0.4 is 4.90 Å². The van der Waals surface area contributed by atoms with Crippen molar-refractivity contribution in [3.8, 4) is 0 Å². The largest absolute Gasteiger partial charge is 0.503 e. The molecule has 5 nitrogen and oxygen atoms in total. The van der Waals surface area contributed by atoms with E-state index in [-0.39, 0.29) is 11.4 Å². The molecule has 0 radical (unpaired) electrons. The van der Waals surface area contributed by atoms with E-state index in [0.29, 0.717) is 6.54 Å². The predicted molar refractivity (Wildman–Crippen MR) is 83.6 cm³/mol. The molecule has 0 aromatic heterocycles. The van der Waals surface area contributed by atoms with Crippen LogP contribution in [-0.2, 0) is 9.59 Å². The van der Waals surface area contributed by atoms with E-state index in [2.05, 4.69) is 0 Å². The summed E-state index contributed by atoms with van der Waals surface area (Å²) < 4.78 is 0. The molecule has 1 amide bonds. The van der Waals surface area contributed by atoms with Crippen LogP contribution in [0.15, 0.2) is 35.6 Å². The molecule has 0 unspecified atom stereocenters. The van der Waals surface area contributed by atoms with E-state index in [9.17, 15) is 14.7 Å². The highest BCUT2D eigenvalue weighted by Crippen LogP contribution is 2.37. The summed E-state index contributed by atoms with van der Waals surface area (Å²) in [5.41, 5.74) is 2.15. The number of nitrogens with zero attached hydrogens (tertiary/aromatic N) is 1.